The van der Waals surface area contributed by atoms with Crippen molar-refractivity contribution in [1.82, 2.24) is 5.32 Å². The molecule has 58 heavy (non-hydrogen) atoms. The third-order valence-electron chi connectivity index (χ3n) is 11.6. The van der Waals surface area contributed by atoms with Crippen molar-refractivity contribution in [2.45, 2.75) is 6.04 Å². The van der Waals surface area contributed by atoms with E-state index in [-0.39, 0.29) is 6.04 Å². The average molecular weight is 743 g/mol. The number of fused-ring (bicyclic) bond motifs is 3. The minimum atomic E-state index is 0.245. The van der Waals surface area contributed by atoms with Crippen molar-refractivity contribution >= 4 is 17.1 Å². The first-order valence-corrected chi connectivity index (χ1v) is 20.0. The number of nitrogens with zero attached hydrogens (tertiary/aromatic N) is 1. The number of nitrogens with one attached hydrogen (secondary N) is 1. The number of benzene rings is 9. The largest absolute Gasteiger partial charge is 0.311 e. The van der Waals surface area contributed by atoms with Gasteiger partial charge >= 0.3 is 0 Å². The van der Waals surface area contributed by atoms with Gasteiger partial charge in [-0.05, 0) is 127 Å². The standard InChI is InChI=1S/C56H42N2/c1-57-56-53-15-9-8-14-52(53)55-38-48(32-37-54(55)56)47-26-24-43(25-27-47)42-18-16-40(17-19-42)41-20-22-44(23-21-41)46-30-35-51(36-31-46)58(49-12-6-3-7-13-49)50-33-28-45(29-34-50)39-10-4-2-5-11-39/h2-38,56-57H,1H3. The number of para-hydroxylation sites is 1. The quantitative estimate of drug-likeness (QED) is 0.158. The molecule has 0 bridgehead atoms. The summed E-state index contributed by atoms with van der Waals surface area (Å²) in [7, 11) is 2.04. The molecule has 0 saturated heterocycles. The van der Waals surface area contributed by atoms with Crippen LogP contribution in [0.2, 0.25) is 0 Å². The summed E-state index contributed by atoms with van der Waals surface area (Å²) in [6, 6.07) is 81.5. The Hall–Kier alpha value is -7.26. The Kier molecular flexibility index (Phi) is 9.31. The van der Waals surface area contributed by atoms with Gasteiger partial charge in [-0.1, -0.05) is 182 Å². The van der Waals surface area contributed by atoms with Crippen molar-refractivity contribution in [3.8, 4) is 66.8 Å². The lowest BCUT2D eigenvalue weighted by Crippen LogP contribution is -2.14. The van der Waals surface area contributed by atoms with Crippen LogP contribution in [0.15, 0.2) is 224 Å². The monoisotopic (exact) mass is 742 g/mol. The first-order valence-electron chi connectivity index (χ1n) is 20.0. The highest BCUT2D eigenvalue weighted by Crippen LogP contribution is 2.45. The van der Waals surface area contributed by atoms with Crippen LogP contribution in [0, 0.1) is 0 Å². The van der Waals surface area contributed by atoms with E-state index in [1.165, 1.54) is 77.9 Å². The molecule has 1 aliphatic carbocycles. The van der Waals surface area contributed by atoms with Crippen LogP contribution in [-0.4, -0.2) is 7.05 Å². The van der Waals surface area contributed by atoms with Crippen LogP contribution in [-0.2, 0) is 0 Å². The third-order valence-corrected chi connectivity index (χ3v) is 11.6. The molecule has 0 spiro atoms. The second-order valence-corrected chi connectivity index (χ2v) is 15.0. The second-order valence-electron chi connectivity index (χ2n) is 15.0. The molecule has 1 N–H and O–H groups in total. The van der Waals surface area contributed by atoms with Gasteiger partial charge in [-0.2, -0.15) is 0 Å². The predicted molar refractivity (Wildman–Crippen MR) is 245 cm³/mol. The summed E-state index contributed by atoms with van der Waals surface area (Å²) in [5.41, 5.74) is 20.8. The molecule has 0 fully saturated rings. The van der Waals surface area contributed by atoms with Crippen LogP contribution in [0.25, 0.3) is 66.8 Å². The van der Waals surface area contributed by atoms with E-state index in [1.54, 1.807) is 0 Å². The molecule has 0 aliphatic heterocycles. The summed E-state index contributed by atoms with van der Waals surface area (Å²) in [6.07, 6.45) is 0. The first kappa shape index (κ1) is 35.2. The average Bonchev–Trinajstić information content (AvgIpc) is 3.63. The van der Waals surface area contributed by atoms with Crippen molar-refractivity contribution in [3.05, 3.63) is 236 Å². The minimum absolute atomic E-state index is 0.245. The first-order chi connectivity index (χ1) is 28.7. The van der Waals surface area contributed by atoms with E-state index in [9.17, 15) is 0 Å². The fourth-order valence-corrected chi connectivity index (χ4v) is 8.52. The van der Waals surface area contributed by atoms with Gasteiger partial charge in [-0.15, -0.1) is 0 Å². The van der Waals surface area contributed by atoms with Crippen LogP contribution in [0.1, 0.15) is 17.2 Å². The van der Waals surface area contributed by atoms with Crippen molar-refractivity contribution in [1.29, 1.82) is 0 Å². The molecule has 2 nitrogen and oxygen atoms in total. The fourth-order valence-electron chi connectivity index (χ4n) is 8.52. The number of hydrogen-bond acceptors (Lipinski definition) is 2. The molecule has 0 amide bonds. The molecule has 9 aromatic carbocycles. The summed E-state index contributed by atoms with van der Waals surface area (Å²) in [6.45, 7) is 0. The molecular formula is C56H42N2. The van der Waals surface area contributed by atoms with Gasteiger partial charge in [-0.25, -0.2) is 0 Å². The van der Waals surface area contributed by atoms with Gasteiger partial charge in [0.15, 0.2) is 0 Å². The van der Waals surface area contributed by atoms with Crippen LogP contribution in [0.3, 0.4) is 0 Å². The van der Waals surface area contributed by atoms with Crippen molar-refractivity contribution in [3.63, 3.8) is 0 Å². The Labute approximate surface area is 341 Å². The molecule has 9 aromatic rings. The van der Waals surface area contributed by atoms with E-state index in [4.69, 9.17) is 0 Å². The summed E-state index contributed by atoms with van der Waals surface area (Å²) in [4.78, 5) is 2.31. The van der Waals surface area contributed by atoms with Gasteiger partial charge in [0.25, 0.3) is 0 Å². The van der Waals surface area contributed by atoms with Gasteiger partial charge in [-0.3, -0.25) is 0 Å². The maximum Gasteiger partial charge on any atom is 0.0586 e. The van der Waals surface area contributed by atoms with Gasteiger partial charge < -0.3 is 10.2 Å². The van der Waals surface area contributed by atoms with Crippen molar-refractivity contribution in [2.75, 3.05) is 11.9 Å². The molecule has 1 aliphatic rings. The Balaban J connectivity index is 0.839. The zero-order chi connectivity index (χ0) is 38.8. The number of anilines is 3. The van der Waals surface area contributed by atoms with Crippen molar-refractivity contribution < 1.29 is 0 Å². The smallest absolute Gasteiger partial charge is 0.0586 e. The summed E-state index contributed by atoms with van der Waals surface area (Å²) >= 11 is 0. The lowest BCUT2D eigenvalue weighted by Gasteiger charge is -2.26. The lowest BCUT2D eigenvalue weighted by atomic mass is 9.95. The number of rotatable bonds is 9. The van der Waals surface area contributed by atoms with Crippen LogP contribution in [0.5, 0.6) is 0 Å². The Morgan fingerprint density at radius 1 is 0.293 bits per heavy atom. The van der Waals surface area contributed by atoms with E-state index in [0.29, 0.717) is 0 Å². The molecular weight excluding hydrogens is 701 g/mol. The Morgan fingerprint density at radius 2 is 0.621 bits per heavy atom. The van der Waals surface area contributed by atoms with Crippen LogP contribution < -0.4 is 10.2 Å². The molecule has 1 unspecified atom stereocenters. The molecule has 0 heterocycles. The van der Waals surface area contributed by atoms with Gasteiger partial charge in [0.2, 0.25) is 0 Å². The zero-order valence-electron chi connectivity index (χ0n) is 32.4. The second kappa shape index (κ2) is 15.3. The Morgan fingerprint density at radius 3 is 1.09 bits per heavy atom. The SMILES string of the molecule is CNC1c2ccccc2-c2cc(-c3ccc(-c4ccc(-c5ccc(-c6ccc(N(c7ccccc7)c7ccc(-c8ccccc8)cc7)cc6)cc5)cc4)cc3)ccc21. The summed E-state index contributed by atoms with van der Waals surface area (Å²) in [5.74, 6) is 0. The normalized spacial score (nSPS) is 12.8. The predicted octanol–water partition coefficient (Wildman–Crippen LogP) is 14.8. The Bertz CT molecular complexity index is 2810. The molecule has 0 aromatic heterocycles. The highest BCUT2D eigenvalue weighted by molar-refractivity contribution is 5.84. The van der Waals surface area contributed by atoms with E-state index >= 15 is 0 Å². The highest BCUT2D eigenvalue weighted by Gasteiger charge is 2.27. The van der Waals surface area contributed by atoms with E-state index in [1.807, 2.05) is 7.05 Å². The molecule has 2 heteroatoms. The summed E-state index contributed by atoms with van der Waals surface area (Å²) in [5, 5.41) is 3.50. The molecule has 1 atom stereocenters. The minimum Gasteiger partial charge on any atom is -0.311 e. The molecule has 10 rings (SSSR count). The van der Waals surface area contributed by atoms with Gasteiger partial charge in [0.05, 0.1) is 6.04 Å². The highest BCUT2D eigenvalue weighted by atomic mass is 15.1. The lowest BCUT2D eigenvalue weighted by molar-refractivity contribution is 0.708. The van der Waals surface area contributed by atoms with Gasteiger partial charge in [0.1, 0.15) is 0 Å². The molecule has 0 radical (unpaired) electrons. The van der Waals surface area contributed by atoms with E-state index in [0.717, 1.165) is 17.1 Å². The van der Waals surface area contributed by atoms with Gasteiger partial charge in [0, 0.05) is 17.1 Å². The maximum atomic E-state index is 3.50. The maximum absolute atomic E-state index is 3.50. The zero-order valence-corrected chi connectivity index (χ0v) is 32.4. The van der Waals surface area contributed by atoms with Crippen molar-refractivity contribution in [2.24, 2.45) is 0 Å². The van der Waals surface area contributed by atoms with E-state index < -0.39 is 0 Å². The number of hydrogen-bond donors (Lipinski definition) is 1. The molecule has 0 saturated carbocycles. The van der Waals surface area contributed by atoms with E-state index in [2.05, 4.69) is 235 Å². The summed E-state index contributed by atoms with van der Waals surface area (Å²) < 4.78 is 0. The topological polar surface area (TPSA) is 15.3 Å². The van der Waals surface area contributed by atoms with Crippen LogP contribution in [0.4, 0.5) is 17.1 Å². The molecule has 276 valence electrons. The third kappa shape index (κ3) is 6.70. The fraction of sp³-hybridized carbons (Fsp3) is 0.0357. The van der Waals surface area contributed by atoms with Crippen LogP contribution >= 0.6 is 0 Å².